The minimum absolute atomic E-state index is 0.619. The Bertz CT molecular complexity index is 403. The van der Waals surface area contributed by atoms with Gasteiger partial charge in [-0.15, -0.1) is 0 Å². The zero-order chi connectivity index (χ0) is 14.2. The summed E-state index contributed by atoms with van der Waals surface area (Å²) in [6.07, 6.45) is 3.73. The first-order valence-corrected chi connectivity index (χ1v) is 7.38. The van der Waals surface area contributed by atoms with Crippen molar-refractivity contribution in [2.75, 3.05) is 39.9 Å². The first-order chi connectivity index (χ1) is 9.83. The Morgan fingerprint density at radius 2 is 2.50 bits per heavy atom. The van der Waals surface area contributed by atoms with Crippen LogP contribution in [0.3, 0.4) is 0 Å². The second kappa shape index (κ2) is 7.94. The van der Waals surface area contributed by atoms with Crippen LogP contribution in [-0.2, 0) is 11.2 Å². The van der Waals surface area contributed by atoms with Gasteiger partial charge >= 0.3 is 0 Å². The van der Waals surface area contributed by atoms with E-state index in [4.69, 9.17) is 14.1 Å². The molecular weight excluding hydrogens is 254 g/mol. The standard InChI is InChI=1S/C15H25N3O2/c1-3-16-15(17-8-6-14-5-4-10-20-14)18-9-7-13(11-18)12-19-2/h4-5,10,13H,3,6-9,11-12H2,1-2H3,(H,16,17). The fourth-order valence-electron chi connectivity index (χ4n) is 2.55. The molecule has 1 aliphatic rings. The van der Waals surface area contributed by atoms with Crippen LogP contribution in [0.1, 0.15) is 19.1 Å². The third kappa shape index (κ3) is 4.27. The summed E-state index contributed by atoms with van der Waals surface area (Å²) in [7, 11) is 1.77. The maximum atomic E-state index is 5.33. The number of ether oxygens (including phenoxy) is 1. The highest BCUT2D eigenvalue weighted by molar-refractivity contribution is 5.80. The normalized spacial score (nSPS) is 19.6. The lowest BCUT2D eigenvalue weighted by molar-refractivity contribution is 0.157. The summed E-state index contributed by atoms with van der Waals surface area (Å²) in [5.41, 5.74) is 0. The van der Waals surface area contributed by atoms with E-state index in [1.54, 1.807) is 13.4 Å². The summed E-state index contributed by atoms with van der Waals surface area (Å²) in [6, 6.07) is 3.91. The molecule has 0 bridgehead atoms. The topological polar surface area (TPSA) is 50.0 Å². The minimum Gasteiger partial charge on any atom is -0.469 e. The molecule has 2 rings (SSSR count). The van der Waals surface area contributed by atoms with Crippen LogP contribution in [0.15, 0.2) is 27.8 Å². The van der Waals surface area contributed by atoms with E-state index < -0.39 is 0 Å². The molecule has 2 heterocycles. The van der Waals surface area contributed by atoms with Gasteiger partial charge in [0.2, 0.25) is 0 Å². The molecule has 0 aromatic carbocycles. The summed E-state index contributed by atoms with van der Waals surface area (Å²) in [4.78, 5) is 7.02. The number of hydrogen-bond donors (Lipinski definition) is 1. The number of hydrogen-bond acceptors (Lipinski definition) is 3. The lowest BCUT2D eigenvalue weighted by atomic mass is 10.1. The van der Waals surface area contributed by atoms with Crippen LogP contribution in [0.25, 0.3) is 0 Å². The predicted octanol–water partition coefficient (Wildman–Crippen LogP) is 1.76. The van der Waals surface area contributed by atoms with Crippen LogP contribution in [0.4, 0.5) is 0 Å². The molecule has 1 fully saturated rings. The van der Waals surface area contributed by atoms with E-state index in [1.165, 1.54) is 6.42 Å². The lowest BCUT2D eigenvalue weighted by Gasteiger charge is -2.21. The molecule has 0 aliphatic carbocycles. The van der Waals surface area contributed by atoms with Gasteiger partial charge in [0.25, 0.3) is 0 Å². The van der Waals surface area contributed by atoms with Crippen LogP contribution in [0, 0.1) is 5.92 Å². The van der Waals surface area contributed by atoms with Gasteiger partial charge in [-0.3, -0.25) is 4.99 Å². The average Bonchev–Trinajstić information content (AvgIpc) is 3.09. The molecule has 1 unspecified atom stereocenters. The largest absolute Gasteiger partial charge is 0.469 e. The zero-order valence-corrected chi connectivity index (χ0v) is 12.5. The summed E-state index contributed by atoms with van der Waals surface area (Å²) >= 11 is 0. The molecule has 112 valence electrons. The van der Waals surface area contributed by atoms with Gasteiger partial charge < -0.3 is 19.4 Å². The number of nitrogens with one attached hydrogen (secondary N) is 1. The van der Waals surface area contributed by atoms with Crippen molar-refractivity contribution >= 4 is 5.96 Å². The first kappa shape index (κ1) is 14.9. The van der Waals surface area contributed by atoms with Gasteiger partial charge in [0.1, 0.15) is 5.76 Å². The van der Waals surface area contributed by atoms with E-state index in [9.17, 15) is 0 Å². The van der Waals surface area contributed by atoms with Crippen LogP contribution >= 0.6 is 0 Å². The van der Waals surface area contributed by atoms with E-state index in [-0.39, 0.29) is 0 Å². The molecule has 5 nitrogen and oxygen atoms in total. The molecule has 0 radical (unpaired) electrons. The smallest absolute Gasteiger partial charge is 0.193 e. The van der Waals surface area contributed by atoms with Crippen molar-refractivity contribution in [2.24, 2.45) is 10.9 Å². The van der Waals surface area contributed by atoms with Gasteiger partial charge in [0.05, 0.1) is 12.9 Å². The molecule has 5 heteroatoms. The van der Waals surface area contributed by atoms with Crippen molar-refractivity contribution < 1.29 is 9.15 Å². The van der Waals surface area contributed by atoms with E-state index in [0.29, 0.717) is 5.92 Å². The van der Waals surface area contributed by atoms with Crippen molar-refractivity contribution in [3.05, 3.63) is 24.2 Å². The molecule has 0 spiro atoms. The Morgan fingerprint density at radius 3 is 3.20 bits per heavy atom. The van der Waals surface area contributed by atoms with Crippen molar-refractivity contribution in [2.45, 2.75) is 19.8 Å². The van der Waals surface area contributed by atoms with Crippen LogP contribution < -0.4 is 5.32 Å². The maximum absolute atomic E-state index is 5.33. The third-order valence-corrected chi connectivity index (χ3v) is 3.52. The highest BCUT2D eigenvalue weighted by atomic mass is 16.5. The van der Waals surface area contributed by atoms with Crippen LogP contribution in [0.5, 0.6) is 0 Å². The Balaban J connectivity index is 1.86. The minimum atomic E-state index is 0.619. The molecule has 1 N–H and O–H groups in total. The Labute approximate surface area is 121 Å². The van der Waals surface area contributed by atoms with Crippen molar-refractivity contribution in [3.8, 4) is 0 Å². The van der Waals surface area contributed by atoms with Gasteiger partial charge in [0, 0.05) is 45.6 Å². The van der Waals surface area contributed by atoms with E-state index in [1.807, 2.05) is 12.1 Å². The van der Waals surface area contributed by atoms with Crippen LogP contribution in [-0.4, -0.2) is 50.8 Å². The second-order valence-electron chi connectivity index (χ2n) is 5.12. The third-order valence-electron chi connectivity index (χ3n) is 3.52. The van der Waals surface area contributed by atoms with Crippen molar-refractivity contribution in [1.82, 2.24) is 10.2 Å². The highest BCUT2D eigenvalue weighted by Gasteiger charge is 2.24. The molecule has 0 amide bonds. The Morgan fingerprint density at radius 1 is 1.60 bits per heavy atom. The molecule has 20 heavy (non-hydrogen) atoms. The zero-order valence-electron chi connectivity index (χ0n) is 12.5. The number of methoxy groups -OCH3 is 1. The number of likely N-dealkylation sites (tertiary alicyclic amines) is 1. The predicted molar refractivity (Wildman–Crippen MR) is 79.9 cm³/mol. The molecule has 1 aromatic rings. The summed E-state index contributed by atoms with van der Waals surface area (Å²) in [6.45, 7) is 6.67. The van der Waals surface area contributed by atoms with Crippen molar-refractivity contribution in [3.63, 3.8) is 0 Å². The fourth-order valence-corrected chi connectivity index (χ4v) is 2.55. The Hall–Kier alpha value is -1.49. The summed E-state index contributed by atoms with van der Waals surface area (Å²) in [5, 5.41) is 3.37. The number of guanidine groups is 1. The van der Waals surface area contributed by atoms with E-state index in [0.717, 1.165) is 50.9 Å². The van der Waals surface area contributed by atoms with Gasteiger partial charge in [-0.1, -0.05) is 0 Å². The lowest BCUT2D eigenvalue weighted by Crippen LogP contribution is -2.40. The highest BCUT2D eigenvalue weighted by Crippen LogP contribution is 2.16. The number of aliphatic imine (C=N–C) groups is 1. The quantitative estimate of drug-likeness (QED) is 0.637. The summed E-state index contributed by atoms with van der Waals surface area (Å²) < 4.78 is 10.6. The molecule has 1 aromatic heterocycles. The molecule has 0 saturated carbocycles. The number of rotatable bonds is 6. The van der Waals surface area contributed by atoms with Gasteiger partial charge in [-0.2, -0.15) is 0 Å². The number of nitrogens with zero attached hydrogens (tertiary/aromatic N) is 2. The SMILES string of the molecule is CCNC(=NCCc1ccco1)N1CCC(COC)C1. The molecule has 1 aliphatic heterocycles. The molecular formula is C15H25N3O2. The van der Waals surface area contributed by atoms with Crippen LogP contribution in [0.2, 0.25) is 0 Å². The van der Waals surface area contributed by atoms with Gasteiger partial charge in [0.15, 0.2) is 5.96 Å². The fraction of sp³-hybridized carbons (Fsp3) is 0.667. The maximum Gasteiger partial charge on any atom is 0.193 e. The first-order valence-electron chi connectivity index (χ1n) is 7.38. The van der Waals surface area contributed by atoms with E-state index >= 15 is 0 Å². The molecule has 1 atom stereocenters. The number of furan rings is 1. The van der Waals surface area contributed by atoms with Gasteiger partial charge in [-0.25, -0.2) is 0 Å². The second-order valence-corrected chi connectivity index (χ2v) is 5.12. The van der Waals surface area contributed by atoms with Crippen molar-refractivity contribution in [1.29, 1.82) is 0 Å². The summed E-state index contributed by atoms with van der Waals surface area (Å²) in [5.74, 6) is 2.62. The average molecular weight is 279 g/mol. The monoisotopic (exact) mass is 279 g/mol. The molecule has 1 saturated heterocycles. The Kier molecular flexibility index (Phi) is 5.92. The van der Waals surface area contributed by atoms with Gasteiger partial charge in [-0.05, 0) is 25.5 Å². The van der Waals surface area contributed by atoms with E-state index in [2.05, 4.69) is 17.1 Å².